The molecule has 1 rings (SSSR count). The summed E-state index contributed by atoms with van der Waals surface area (Å²) in [7, 11) is -4.56. The van der Waals surface area contributed by atoms with Crippen molar-refractivity contribution in [3.63, 3.8) is 0 Å². The van der Waals surface area contributed by atoms with E-state index in [0.717, 1.165) is 0 Å². The minimum absolute atomic E-state index is 0.204. The highest BCUT2D eigenvalue weighted by atomic mass is 32.2. The number of alkyl halides is 2. The molecule has 0 aromatic heterocycles. The van der Waals surface area contributed by atoms with E-state index >= 15 is 0 Å². The fraction of sp³-hybridized carbons (Fsp3) is 0.222. The number of nitrogens with one attached hydrogen (secondary N) is 1. The molecule has 0 aliphatic carbocycles. The molecule has 0 radical (unpaired) electrons. The van der Waals surface area contributed by atoms with Crippen molar-refractivity contribution in [1.29, 1.82) is 0 Å². The Kier molecular flexibility index (Phi) is 4.49. The van der Waals surface area contributed by atoms with E-state index in [1.54, 1.807) is 29.0 Å². The van der Waals surface area contributed by atoms with Crippen LogP contribution in [0.4, 0.5) is 8.78 Å². The summed E-state index contributed by atoms with van der Waals surface area (Å²) in [6.07, 6.45) is 0. The van der Waals surface area contributed by atoms with Crippen LogP contribution in [0.3, 0.4) is 0 Å². The Balaban J connectivity index is 2.68. The van der Waals surface area contributed by atoms with Crippen LogP contribution in [0.15, 0.2) is 24.3 Å². The molecule has 0 saturated carbocycles. The lowest BCUT2D eigenvalue weighted by Crippen LogP contribution is -2.28. The van der Waals surface area contributed by atoms with Crippen molar-refractivity contribution in [1.82, 2.24) is 4.72 Å². The number of thiocarbonyl (C=S) groups is 1. The number of rotatable bonds is 5. The molecule has 17 heavy (non-hydrogen) atoms. The smallest absolute Gasteiger partial charge is 0.350 e. The van der Waals surface area contributed by atoms with E-state index in [-0.39, 0.29) is 11.5 Å². The highest BCUT2D eigenvalue weighted by Gasteiger charge is 2.22. The van der Waals surface area contributed by atoms with E-state index in [4.69, 9.17) is 18.0 Å². The van der Waals surface area contributed by atoms with Gasteiger partial charge in [0.15, 0.2) is 0 Å². The first-order valence-electron chi connectivity index (χ1n) is 4.48. The average molecular weight is 280 g/mol. The number of hydrogen-bond donors (Lipinski definition) is 2. The van der Waals surface area contributed by atoms with E-state index in [2.05, 4.69) is 0 Å². The molecule has 0 aliphatic rings. The number of sulfonamides is 1. The van der Waals surface area contributed by atoms with Crippen LogP contribution < -0.4 is 10.5 Å². The van der Waals surface area contributed by atoms with Crippen molar-refractivity contribution in [2.45, 2.75) is 12.3 Å². The third-order valence-electron chi connectivity index (χ3n) is 1.95. The van der Waals surface area contributed by atoms with Gasteiger partial charge in [0.25, 0.3) is 10.0 Å². The van der Waals surface area contributed by atoms with Crippen molar-refractivity contribution in [2.24, 2.45) is 5.73 Å². The van der Waals surface area contributed by atoms with E-state index in [1.165, 1.54) is 0 Å². The molecule has 1 aromatic rings. The topological polar surface area (TPSA) is 72.2 Å². The van der Waals surface area contributed by atoms with Crippen molar-refractivity contribution < 1.29 is 17.2 Å². The number of benzene rings is 1. The molecule has 94 valence electrons. The average Bonchev–Trinajstić information content (AvgIpc) is 2.27. The Morgan fingerprint density at radius 3 is 2.29 bits per heavy atom. The molecule has 1 aromatic carbocycles. The van der Waals surface area contributed by atoms with Crippen molar-refractivity contribution in [2.75, 3.05) is 0 Å². The van der Waals surface area contributed by atoms with Crippen LogP contribution in [0, 0.1) is 0 Å². The zero-order valence-electron chi connectivity index (χ0n) is 8.56. The zero-order valence-corrected chi connectivity index (χ0v) is 10.2. The second-order valence-corrected chi connectivity index (χ2v) is 5.36. The molecular weight excluding hydrogens is 270 g/mol. The van der Waals surface area contributed by atoms with Gasteiger partial charge in [0.1, 0.15) is 4.99 Å². The summed E-state index contributed by atoms with van der Waals surface area (Å²) in [5.41, 5.74) is 6.53. The van der Waals surface area contributed by atoms with E-state index in [9.17, 15) is 17.2 Å². The van der Waals surface area contributed by atoms with Crippen LogP contribution in [0.5, 0.6) is 0 Å². The van der Waals surface area contributed by atoms with E-state index in [1.807, 2.05) is 0 Å². The Morgan fingerprint density at radius 2 is 1.88 bits per heavy atom. The van der Waals surface area contributed by atoms with Crippen LogP contribution in [0.1, 0.15) is 11.1 Å². The maximum atomic E-state index is 12.0. The van der Waals surface area contributed by atoms with Gasteiger partial charge in [-0.2, -0.15) is 8.78 Å². The lowest BCUT2D eigenvalue weighted by molar-refractivity contribution is 0.232. The lowest BCUT2D eigenvalue weighted by Gasteiger charge is -2.06. The Labute approximate surface area is 103 Å². The quantitative estimate of drug-likeness (QED) is 0.788. The van der Waals surface area contributed by atoms with Gasteiger partial charge >= 0.3 is 5.76 Å². The molecule has 0 aliphatic heterocycles. The molecule has 4 nitrogen and oxygen atoms in total. The second-order valence-electron chi connectivity index (χ2n) is 3.19. The third-order valence-corrected chi connectivity index (χ3v) is 3.20. The molecule has 0 heterocycles. The first kappa shape index (κ1) is 13.9. The molecule has 0 saturated heterocycles. The van der Waals surface area contributed by atoms with E-state index < -0.39 is 15.8 Å². The summed E-state index contributed by atoms with van der Waals surface area (Å²) in [5, 5.41) is 0. The fourth-order valence-corrected chi connectivity index (χ4v) is 1.66. The molecule has 0 unspecified atom stereocenters. The third kappa shape index (κ3) is 3.99. The first-order chi connectivity index (χ1) is 7.83. The van der Waals surface area contributed by atoms with Gasteiger partial charge < -0.3 is 5.73 Å². The number of nitrogens with two attached hydrogens (primary N) is 1. The SMILES string of the molecule is NC(=S)c1ccc(CNS(=O)(=O)C(F)F)cc1. The highest BCUT2D eigenvalue weighted by molar-refractivity contribution is 7.89. The molecule has 0 amide bonds. The van der Waals surface area contributed by atoms with Crippen LogP contribution >= 0.6 is 12.2 Å². The summed E-state index contributed by atoms with van der Waals surface area (Å²) in [6, 6.07) is 6.30. The standard InChI is InChI=1S/C9H10F2N2O2S2/c10-9(11)17(14,15)13-5-6-1-3-7(4-2-6)8(12)16/h1-4,9,13H,5H2,(H2,12,16). The summed E-state index contributed by atoms with van der Waals surface area (Å²) < 4.78 is 47.3. The number of hydrogen-bond acceptors (Lipinski definition) is 3. The molecule has 3 N–H and O–H groups in total. The zero-order chi connectivity index (χ0) is 13.1. The van der Waals surface area contributed by atoms with Crippen LogP contribution in [0.2, 0.25) is 0 Å². The molecule has 0 bridgehead atoms. The largest absolute Gasteiger partial charge is 0.389 e. The maximum absolute atomic E-state index is 12.0. The summed E-state index contributed by atoms with van der Waals surface area (Å²) in [6.45, 7) is -0.204. The van der Waals surface area contributed by atoms with Gasteiger partial charge in [0.05, 0.1) is 0 Å². The van der Waals surface area contributed by atoms with Crippen molar-refractivity contribution in [3.8, 4) is 0 Å². The summed E-state index contributed by atoms with van der Waals surface area (Å²) in [4.78, 5) is 0.213. The minimum Gasteiger partial charge on any atom is -0.389 e. The van der Waals surface area contributed by atoms with Gasteiger partial charge in [0.2, 0.25) is 0 Å². The van der Waals surface area contributed by atoms with Gasteiger partial charge in [-0.25, -0.2) is 13.1 Å². The molecule has 0 spiro atoms. The minimum atomic E-state index is -4.56. The van der Waals surface area contributed by atoms with Gasteiger partial charge in [-0.3, -0.25) is 0 Å². The predicted octanol–water partition coefficient (Wildman–Crippen LogP) is 0.963. The Morgan fingerprint density at radius 1 is 1.35 bits per heavy atom. The van der Waals surface area contributed by atoms with Crippen LogP contribution in [-0.2, 0) is 16.6 Å². The summed E-state index contributed by atoms with van der Waals surface area (Å²) >= 11 is 4.73. The number of halogens is 2. The predicted molar refractivity (Wildman–Crippen MR) is 64.1 cm³/mol. The molecule has 0 atom stereocenters. The van der Waals surface area contributed by atoms with Crippen molar-refractivity contribution >= 4 is 27.2 Å². The van der Waals surface area contributed by atoms with Crippen LogP contribution in [0.25, 0.3) is 0 Å². The van der Waals surface area contributed by atoms with Gasteiger partial charge in [-0.1, -0.05) is 36.5 Å². The van der Waals surface area contributed by atoms with E-state index in [0.29, 0.717) is 11.1 Å². The van der Waals surface area contributed by atoms with Crippen molar-refractivity contribution in [3.05, 3.63) is 35.4 Å². The van der Waals surface area contributed by atoms with Crippen LogP contribution in [-0.4, -0.2) is 19.2 Å². The monoisotopic (exact) mass is 280 g/mol. The van der Waals surface area contributed by atoms with Gasteiger partial charge in [0, 0.05) is 12.1 Å². The second kappa shape index (κ2) is 5.48. The highest BCUT2D eigenvalue weighted by Crippen LogP contribution is 2.07. The maximum Gasteiger partial charge on any atom is 0.350 e. The summed E-state index contributed by atoms with van der Waals surface area (Å²) in [5.74, 6) is -3.43. The Bertz CT molecular complexity index is 500. The van der Waals surface area contributed by atoms with Gasteiger partial charge in [-0.15, -0.1) is 0 Å². The van der Waals surface area contributed by atoms with Gasteiger partial charge in [-0.05, 0) is 5.56 Å². The lowest BCUT2D eigenvalue weighted by atomic mass is 10.1. The molecule has 0 fully saturated rings. The fourth-order valence-electron chi connectivity index (χ4n) is 1.03. The normalized spacial score (nSPS) is 11.7. The first-order valence-corrected chi connectivity index (χ1v) is 6.44. The molecule has 8 heteroatoms. The molecular formula is C9H10F2N2O2S2. The Hall–Kier alpha value is -1.12.